The van der Waals surface area contributed by atoms with Crippen molar-refractivity contribution < 1.29 is 9.21 Å². The standard InChI is InChI=1S/C21H24BrN5O2S/c1-14-7-8-18(17(22)12-14)23-19(28)15(2)30-21-25-24-20(26-9-3-4-10-26)27(21)13-16-6-5-11-29-16/h5-8,11-12,15H,3-4,9-10,13H2,1-2H3,(H,23,28). The topological polar surface area (TPSA) is 76.2 Å². The van der Waals surface area contributed by atoms with E-state index >= 15 is 0 Å². The van der Waals surface area contributed by atoms with Crippen molar-refractivity contribution in [3.63, 3.8) is 0 Å². The number of carbonyl (C=O) groups excluding carboxylic acids is 1. The van der Waals surface area contributed by atoms with Crippen LogP contribution in [0.4, 0.5) is 11.6 Å². The van der Waals surface area contributed by atoms with E-state index < -0.39 is 0 Å². The number of rotatable bonds is 7. The van der Waals surface area contributed by atoms with E-state index in [0.717, 1.165) is 53.4 Å². The number of nitrogens with one attached hydrogen (secondary N) is 1. The predicted octanol–water partition coefficient (Wildman–Crippen LogP) is 4.71. The smallest absolute Gasteiger partial charge is 0.237 e. The first kappa shape index (κ1) is 21.0. The number of nitrogens with zero attached hydrogens (tertiary/aromatic N) is 4. The summed E-state index contributed by atoms with van der Waals surface area (Å²) in [5.41, 5.74) is 1.88. The fourth-order valence-electron chi connectivity index (χ4n) is 3.38. The Morgan fingerprint density at radius 1 is 1.30 bits per heavy atom. The van der Waals surface area contributed by atoms with Crippen LogP contribution in [-0.4, -0.2) is 39.0 Å². The normalized spacial score (nSPS) is 14.8. The van der Waals surface area contributed by atoms with Gasteiger partial charge in [0, 0.05) is 17.6 Å². The molecule has 9 heteroatoms. The third kappa shape index (κ3) is 4.73. The van der Waals surface area contributed by atoms with Gasteiger partial charge in [-0.1, -0.05) is 17.8 Å². The summed E-state index contributed by atoms with van der Waals surface area (Å²) < 4.78 is 8.45. The maximum absolute atomic E-state index is 12.8. The van der Waals surface area contributed by atoms with Crippen LogP contribution in [0.25, 0.3) is 0 Å². The number of aromatic nitrogens is 3. The molecular formula is C21H24BrN5O2S. The number of furan rings is 1. The van der Waals surface area contributed by atoms with Crippen molar-refractivity contribution in [1.29, 1.82) is 0 Å². The van der Waals surface area contributed by atoms with Crippen LogP contribution < -0.4 is 10.2 Å². The van der Waals surface area contributed by atoms with E-state index in [0.29, 0.717) is 11.7 Å². The zero-order valence-electron chi connectivity index (χ0n) is 17.0. The van der Waals surface area contributed by atoms with Gasteiger partial charge in [0.2, 0.25) is 11.9 Å². The van der Waals surface area contributed by atoms with Crippen molar-refractivity contribution in [3.8, 4) is 0 Å². The monoisotopic (exact) mass is 489 g/mol. The molecule has 1 N–H and O–H groups in total. The molecule has 0 bridgehead atoms. The first-order chi connectivity index (χ1) is 14.5. The van der Waals surface area contributed by atoms with E-state index in [9.17, 15) is 4.79 Å². The van der Waals surface area contributed by atoms with Gasteiger partial charge in [-0.05, 0) is 72.4 Å². The van der Waals surface area contributed by atoms with E-state index in [4.69, 9.17) is 4.42 Å². The van der Waals surface area contributed by atoms with Gasteiger partial charge in [-0.3, -0.25) is 9.36 Å². The molecule has 4 rings (SSSR count). The highest BCUT2D eigenvalue weighted by molar-refractivity contribution is 9.10. The Balaban J connectivity index is 1.51. The summed E-state index contributed by atoms with van der Waals surface area (Å²) in [6, 6.07) is 9.67. The summed E-state index contributed by atoms with van der Waals surface area (Å²) >= 11 is 4.92. The highest BCUT2D eigenvalue weighted by atomic mass is 79.9. The fourth-order valence-corrected chi connectivity index (χ4v) is 4.82. The minimum atomic E-state index is -0.343. The Morgan fingerprint density at radius 3 is 2.80 bits per heavy atom. The number of hydrogen-bond acceptors (Lipinski definition) is 6. The molecule has 1 aliphatic rings. The lowest BCUT2D eigenvalue weighted by Crippen LogP contribution is -2.24. The van der Waals surface area contributed by atoms with Crippen molar-refractivity contribution in [1.82, 2.24) is 14.8 Å². The first-order valence-electron chi connectivity index (χ1n) is 9.95. The summed E-state index contributed by atoms with van der Waals surface area (Å²) in [5, 5.41) is 12.2. The maximum atomic E-state index is 12.8. The van der Waals surface area contributed by atoms with Crippen LogP contribution in [0.15, 0.2) is 50.6 Å². The molecule has 1 aliphatic heterocycles. The second-order valence-corrected chi connectivity index (χ2v) is 9.54. The Hall–Kier alpha value is -2.26. The number of anilines is 2. The summed E-state index contributed by atoms with van der Waals surface area (Å²) in [6.07, 6.45) is 3.97. The third-order valence-electron chi connectivity index (χ3n) is 5.01. The Kier molecular flexibility index (Phi) is 6.48. The van der Waals surface area contributed by atoms with Gasteiger partial charge in [-0.15, -0.1) is 10.2 Å². The van der Waals surface area contributed by atoms with Crippen molar-refractivity contribution >= 4 is 45.2 Å². The quantitative estimate of drug-likeness (QED) is 0.484. The van der Waals surface area contributed by atoms with Crippen LogP contribution in [0.5, 0.6) is 0 Å². The lowest BCUT2D eigenvalue weighted by atomic mass is 10.2. The van der Waals surface area contributed by atoms with Gasteiger partial charge < -0.3 is 14.6 Å². The Bertz CT molecular complexity index is 1010. The molecule has 1 unspecified atom stereocenters. The molecule has 1 aromatic carbocycles. The molecule has 7 nitrogen and oxygen atoms in total. The molecule has 0 aliphatic carbocycles. The zero-order chi connectivity index (χ0) is 21.1. The van der Waals surface area contributed by atoms with Crippen molar-refractivity contribution in [2.24, 2.45) is 0 Å². The molecule has 3 aromatic rings. The molecule has 1 saturated heterocycles. The molecule has 1 amide bonds. The molecule has 158 valence electrons. The molecule has 3 heterocycles. The van der Waals surface area contributed by atoms with E-state index in [2.05, 4.69) is 36.3 Å². The van der Waals surface area contributed by atoms with Gasteiger partial charge in [-0.25, -0.2) is 0 Å². The molecule has 0 spiro atoms. The lowest BCUT2D eigenvalue weighted by Gasteiger charge is -2.18. The van der Waals surface area contributed by atoms with Gasteiger partial charge in [0.25, 0.3) is 0 Å². The van der Waals surface area contributed by atoms with Gasteiger partial charge in [0.1, 0.15) is 5.76 Å². The second kappa shape index (κ2) is 9.26. The largest absolute Gasteiger partial charge is 0.467 e. The van der Waals surface area contributed by atoms with Gasteiger partial charge in [0.05, 0.1) is 23.7 Å². The third-order valence-corrected chi connectivity index (χ3v) is 6.75. The summed E-state index contributed by atoms with van der Waals surface area (Å²) in [6.45, 7) is 6.37. The van der Waals surface area contributed by atoms with Crippen molar-refractivity contribution in [2.45, 2.75) is 43.6 Å². The Labute approximate surface area is 188 Å². The predicted molar refractivity (Wildman–Crippen MR) is 122 cm³/mol. The lowest BCUT2D eigenvalue weighted by molar-refractivity contribution is -0.115. The molecular weight excluding hydrogens is 466 g/mol. The number of hydrogen-bond donors (Lipinski definition) is 1. The average molecular weight is 490 g/mol. The molecule has 1 atom stereocenters. The molecule has 2 aromatic heterocycles. The number of aryl methyl sites for hydroxylation is 1. The highest BCUT2D eigenvalue weighted by Crippen LogP contribution is 2.30. The minimum Gasteiger partial charge on any atom is -0.467 e. The van der Waals surface area contributed by atoms with Gasteiger partial charge >= 0.3 is 0 Å². The average Bonchev–Trinajstić information content (AvgIpc) is 3.47. The number of thioether (sulfide) groups is 1. The number of amides is 1. The number of halogens is 1. The highest BCUT2D eigenvalue weighted by Gasteiger charge is 2.25. The summed E-state index contributed by atoms with van der Waals surface area (Å²) in [5.74, 6) is 1.58. The number of carbonyl (C=O) groups is 1. The van der Waals surface area contributed by atoms with Crippen LogP contribution in [0.1, 0.15) is 31.1 Å². The van der Waals surface area contributed by atoms with Crippen LogP contribution in [0.3, 0.4) is 0 Å². The molecule has 0 radical (unpaired) electrons. The Morgan fingerprint density at radius 2 is 2.10 bits per heavy atom. The van der Waals surface area contributed by atoms with Crippen LogP contribution in [0, 0.1) is 6.92 Å². The summed E-state index contributed by atoms with van der Waals surface area (Å²) in [7, 11) is 0. The number of benzene rings is 1. The van der Waals surface area contributed by atoms with Crippen molar-refractivity contribution in [3.05, 3.63) is 52.4 Å². The fraction of sp³-hybridized carbons (Fsp3) is 0.381. The second-order valence-electron chi connectivity index (χ2n) is 7.37. The SMILES string of the molecule is Cc1ccc(NC(=O)C(C)Sc2nnc(N3CCCC3)n2Cc2ccco2)c(Br)c1. The van der Waals surface area contributed by atoms with Crippen LogP contribution in [0.2, 0.25) is 0 Å². The maximum Gasteiger partial charge on any atom is 0.237 e. The van der Waals surface area contributed by atoms with Crippen LogP contribution in [-0.2, 0) is 11.3 Å². The molecule has 1 fully saturated rings. The molecule has 0 saturated carbocycles. The first-order valence-corrected chi connectivity index (χ1v) is 11.6. The van der Waals surface area contributed by atoms with E-state index in [1.165, 1.54) is 11.8 Å². The van der Waals surface area contributed by atoms with E-state index in [1.54, 1.807) is 6.26 Å². The molecule has 30 heavy (non-hydrogen) atoms. The van der Waals surface area contributed by atoms with Crippen molar-refractivity contribution in [2.75, 3.05) is 23.3 Å². The van der Waals surface area contributed by atoms with E-state index in [1.807, 2.05) is 48.7 Å². The van der Waals surface area contributed by atoms with Gasteiger partial charge in [-0.2, -0.15) is 0 Å². The van der Waals surface area contributed by atoms with E-state index in [-0.39, 0.29) is 11.2 Å². The summed E-state index contributed by atoms with van der Waals surface area (Å²) in [4.78, 5) is 15.1. The van der Waals surface area contributed by atoms with Crippen LogP contribution >= 0.6 is 27.7 Å². The minimum absolute atomic E-state index is 0.0835. The van der Waals surface area contributed by atoms with Gasteiger partial charge in [0.15, 0.2) is 5.16 Å². The zero-order valence-corrected chi connectivity index (χ0v) is 19.4.